The average molecular weight is 360 g/mol. The van der Waals surface area contributed by atoms with E-state index in [2.05, 4.69) is 20.3 Å². The van der Waals surface area contributed by atoms with Gasteiger partial charge in [-0.15, -0.1) is 0 Å². The van der Waals surface area contributed by atoms with Gasteiger partial charge in [-0.1, -0.05) is 6.07 Å². The molecule has 1 aromatic heterocycles. The molecule has 1 aromatic carbocycles. The molecule has 3 rings (SSSR count). The molecule has 1 amide bonds. The molecule has 1 atom stereocenters. The lowest BCUT2D eigenvalue weighted by molar-refractivity contribution is -0.148. The number of hydrogen-bond donors (Lipinski definition) is 2. The van der Waals surface area contributed by atoms with Gasteiger partial charge in [0.25, 0.3) is 0 Å². The van der Waals surface area contributed by atoms with E-state index in [4.69, 9.17) is 10.5 Å². The molecule has 0 radical (unpaired) electrons. The Kier molecular flexibility index (Phi) is 4.65. The molecule has 2 aromatic rings. The molecular weight excluding hydrogens is 343 g/mol. The van der Waals surface area contributed by atoms with Gasteiger partial charge in [0, 0.05) is 26.2 Å². The topological polar surface area (TPSA) is 123 Å². The molecular formula is C16H17FN6O3. The van der Waals surface area contributed by atoms with Crippen molar-refractivity contribution in [1.82, 2.24) is 15.0 Å². The lowest BCUT2D eigenvalue weighted by Gasteiger charge is -2.24. The number of aromatic nitrogens is 3. The number of fused-ring (bicyclic) bond motifs is 1. The van der Waals surface area contributed by atoms with Crippen LogP contribution in [0.3, 0.4) is 0 Å². The third-order valence-electron chi connectivity index (χ3n) is 3.77. The predicted octanol–water partition coefficient (Wildman–Crippen LogP) is 0.828. The third-order valence-corrected chi connectivity index (χ3v) is 3.77. The van der Waals surface area contributed by atoms with Crippen molar-refractivity contribution in [1.29, 1.82) is 0 Å². The van der Waals surface area contributed by atoms with Crippen molar-refractivity contribution in [3.05, 3.63) is 35.4 Å². The number of anilines is 3. The lowest BCUT2D eigenvalue weighted by Crippen LogP contribution is -2.28. The normalized spacial score (nSPS) is 15.8. The van der Waals surface area contributed by atoms with Crippen molar-refractivity contribution >= 4 is 29.5 Å². The van der Waals surface area contributed by atoms with E-state index in [1.54, 1.807) is 19.0 Å². The van der Waals surface area contributed by atoms with Crippen molar-refractivity contribution in [2.75, 3.05) is 30.0 Å². The van der Waals surface area contributed by atoms with Gasteiger partial charge in [-0.25, -0.2) is 4.39 Å². The van der Waals surface area contributed by atoms with Gasteiger partial charge in [0.15, 0.2) is 12.4 Å². The first-order valence-electron chi connectivity index (χ1n) is 7.77. The highest BCUT2D eigenvalue weighted by molar-refractivity contribution is 5.99. The Morgan fingerprint density at radius 3 is 2.88 bits per heavy atom. The van der Waals surface area contributed by atoms with Crippen LogP contribution in [-0.4, -0.2) is 40.9 Å². The number of amides is 1. The molecule has 0 aliphatic carbocycles. The Hall–Kier alpha value is -3.30. The molecule has 0 saturated carbocycles. The summed E-state index contributed by atoms with van der Waals surface area (Å²) in [4.78, 5) is 37.9. The van der Waals surface area contributed by atoms with Crippen molar-refractivity contribution in [3.8, 4) is 0 Å². The van der Waals surface area contributed by atoms with Gasteiger partial charge in [0.1, 0.15) is 5.82 Å². The van der Waals surface area contributed by atoms with Crippen LogP contribution in [0.5, 0.6) is 0 Å². The van der Waals surface area contributed by atoms with Gasteiger partial charge in [0.05, 0.1) is 5.92 Å². The molecule has 3 N–H and O–H groups in total. The average Bonchev–Trinajstić information content (AvgIpc) is 2.58. The summed E-state index contributed by atoms with van der Waals surface area (Å²) in [5.41, 5.74) is 6.39. The van der Waals surface area contributed by atoms with E-state index in [0.717, 1.165) is 0 Å². The smallest absolute Gasteiger partial charge is 0.314 e. The minimum absolute atomic E-state index is 0.00705. The van der Waals surface area contributed by atoms with Crippen LogP contribution in [0.2, 0.25) is 0 Å². The van der Waals surface area contributed by atoms with E-state index in [0.29, 0.717) is 11.5 Å². The van der Waals surface area contributed by atoms with Crippen LogP contribution < -0.4 is 16.0 Å². The Morgan fingerprint density at radius 1 is 1.38 bits per heavy atom. The molecule has 9 nitrogen and oxygen atoms in total. The van der Waals surface area contributed by atoms with E-state index in [1.807, 2.05) is 0 Å². The number of esters is 1. The first-order chi connectivity index (χ1) is 12.3. The summed E-state index contributed by atoms with van der Waals surface area (Å²) in [6.45, 7) is -0.221. The summed E-state index contributed by atoms with van der Waals surface area (Å²) in [7, 11) is 3.47. The van der Waals surface area contributed by atoms with Crippen LogP contribution in [0.25, 0.3) is 0 Å². The highest BCUT2D eigenvalue weighted by atomic mass is 19.1. The van der Waals surface area contributed by atoms with Crippen LogP contribution in [0.15, 0.2) is 18.2 Å². The number of benzene rings is 1. The van der Waals surface area contributed by atoms with E-state index in [9.17, 15) is 14.0 Å². The van der Waals surface area contributed by atoms with Crippen molar-refractivity contribution in [2.45, 2.75) is 18.9 Å². The molecule has 0 spiro atoms. The van der Waals surface area contributed by atoms with Gasteiger partial charge in [-0.2, -0.15) is 15.0 Å². The zero-order valence-corrected chi connectivity index (χ0v) is 14.2. The Labute approximate surface area is 148 Å². The summed E-state index contributed by atoms with van der Waals surface area (Å²) >= 11 is 0. The molecule has 26 heavy (non-hydrogen) atoms. The summed E-state index contributed by atoms with van der Waals surface area (Å²) in [5.74, 6) is -1.81. The SMILES string of the molecule is CN(C)c1nc(N)nc(COC(=O)C2CC(=O)Nc3cc(F)ccc32)n1. The number of nitrogens with zero attached hydrogens (tertiary/aromatic N) is 4. The summed E-state index contributed by atoms with van der Waals surface area (Å²) in [6, 6.07) is 3.86. The zero-order valence-electron chi connectivity index (χ0n) is 14.2. The Balaban J connectivity index is 1.76. The molecule has 10 heteroatoms. The van der Waals surface area contributed by atoms with Crippen LogP contribution in [0.1, 0.15) is 23.7 Å². The molecule has 1 aliphatic rings. The van der Waals surface area contributed by atoms with Gasteiger partial charge in [-0.05, 0) is 17.7 Å². The Morgan fingerprint density at radius 2 is 2.15 bits per heavy atom. The second kappa shape index (κ2) is 6.90. The molecule has 0 bridgehead atoms. The highest BCUT2D eigenvalue weighted by Gasteiger charge is 2.32. The number of nitrogens with two attached hydrogens (primary N) is 1. The fourth-order valence-corrected chi connectivity index (χ4v) is 2.57. The minimum Gasteiger partial charge on any atom is -0.457 e. The molecule has 1 aliphatic heterocycles. The van der Waals surface area contributed by atoms with E-state index in [-0.39, 0.29) is 36.4 Å². The number of ether oxygens (including phenoxy) is 1. The fraction of sp³-hybridized carbons (Fsp3) is 0.312. The fourth-order valence-electron chi connectivity index (χ4n) is 2.57. The third kappa shape index (κ3) is 3.68. The summed E-state index contributed by atoms with van der Waals surface area (Å²) in [6.07, 6.45) is -0.0836. The number of rotatable bonds is 4. The largest absolute Gasteiger partial charge is 0.457 e. The summed E-state index contributed by atoms with van der Waals surface area (Å²) < 4.78 is 18.6. The lowest BCUT2D eigenvalue weighted by atomic mass is 9.90. The van der Waals surface area contributed by atoms with Crippen LogP contribution in [0.4, 0.5) is 22.0 Å². The van der Waals surface area contributed by atoms with Gasteiger partial charge >= 0.3 is 5.97 Å². The second-order valence-electron chi connectivity index (χ2n) is 5.95. The maximum atomic E-state index is 13.4. The molecule has 2 heterocycles. The summed E-state index contributed by atoms with van der Waals surface area (Å²) in [5, 5.41) is 2.55. The molecule has 1 unspecified atom stereocenters. The number of halogens is 1. The first-order valence-corrected chi connectivity index (χ1v) is 7.77. The maximum absolute atomic E-state index is 13.4. The molecule has 136 valence electrons. The Bertz CT molecular complexity index is 873. The van der Waals surface area contributed by atoms with Gasteiger partial charge in [0.2, 0.25) is 17.8 Å². The number of carbonyl (C=O) groups excluding carboxylic acids is 2. The van der Waals surface area contributed by atoms with Gasteiger partial charge < -0.3 is 20.7 Å². The highest BCUT2D eigenvalue weighted by Crippen LogP contribution is 2.33. The van der Waals surface area contributed by atoms with Crippen LogP contribution >= 0.6 is 0 Å². The number of nitrogen functional groups attached to an aromatic ring is 1. The van der Waals surface area contributed by atoms with E-state index < -0.39 is 17.7 Å². The van der Waals surface area contributed by atoms with Gasteiger partial charge in [-0.3, -0.25) is 9.59 Å². The molecule has 0 fully saturated rings. The van der Waals surface area contributed by atoms with Crippen LogP contribution in [0, 0.1) is 5.82 Å². The van der Waals surface area contributed by atoms with Crippen LogP contribution in [-0.2, 0) is 20.9 Å². The number of carbonyl (C=O) groups is 2. The maximum Gasteiger partial charge on any atom is 0.314 e. The molecule has 0 saturated heterocycles. The van der Waals surface area contributed by atoms with Crippen molar-refractivity contribution in [3.63, 3.8) is 0 Å². The zero-order chi connectivity index (χ0) is 18.8. The standard InChI is InChI=1S/C16H17FN6O3/c1-23(2)16-21-12(20-15(18)22-16)7-26-14(25)10-6-13(24)19-11-5-8(17)3-4-9(10)11/h3-5,10H,6-7H2,1-2H3,(H,19,24)(H2,18,20,21,22). The number of nitrogens with one attached hydrogen (secondary N) is 1. The van der Waals surface area contributed by atoms with E-state index >= 15 is 0 Å². The second-order valence-corrected chi connectivity index (χ2v) is 5.95. The van der Waals surface area contributed by atoms with E-state index in [1.165, 1.54) is 18.2 Å². The number of hydrogen-bond acceptors (Lipinski definition) is 8. The van der Waals surface area contributed by atoms with Crippen molar-refractivity contribution < 1.29 is 18.7 Å². The predicted molar refractivity (Wildman–Crippen MR) is 90.8 cm³/mol. The monoisotopic (exact) mass is 360 g/mol. The first kappa shape index (κ1) is 17.5. The quantitative estimate of drug-likeness (QED) is 0.769. The van der Waals surface area contributed by atoms with Crippen molar-refractivity contribution in [2.24, 2.45) is 0 Å². The minimum atomic E-state index is -0.827.